The Morgan fingerprint density at radius 1 is 0.929 bits per heavy atom. The molecule has 1 aromatic rings. The minimum atomic E-state index is -0.524. The van der Waals surface area contributed by atoms with E-state index in [9.17, 15) is 14.4 Å². The van der Waals surface area contributed by atoms with Gasteiger partial charge >= 0.3 is 11.9 Å². The Balaban J connectivity index is 1.66. The highest BCUT2D eigenvalue weighted by molar-refractivity contribution is 5.97. The quantitative estimate of drug-likeness (QED) is 0.599. The molecule has 28 heavy (non-hydrogen) atoms. The maximum atomic E-state index is 12.4. The number of anilines is 1. The molecule has 0 unspecified atom stereocenters. The maximum Gasteiger partial charge on any atom is 0.338 e. The molecular weight excluding hydrogens is 360 g/mol. The van der Waals surface area contributed by atoms with Gasteiger partial charge in [0.25, 0.3) is 0 Å². The number of amides is 1. The van der Waals surface area contributed by atoms with Crippen molar-refractivity contribution in [1.29, 1.82) is 0 Å². The van der Waals surface area contributed by atoms with Crippen molar-refractivity contribution < 1.29 is 23.9 Å². The molecular formula is C21H28N2O5. The van der Waals surface area contributed by atoms with Gasteiger partial charge in [0.2, 0.25) is 5.91 Å². The van der Waals surface area contributed by atoms with Crippen LogP contribution in [0.5, 0.6) is 0 Å². The molecule has 2 fully saturated rings. The number of esters is 2. The highest BCUT2D eigenvalue weighted by Gasteiger charge is 2.42. The number of carbonyl (C=O) groups excluding carboxylic acids is 3. The van der Waals surface area contributed by atoms with Crippen LogP contribution in [0.3, 0.4) is 0 Å². The average molecular weight is 388 g/mol. The number of carbonyl (C=O) groups is 3. The molecule has 0 atom stereocenters. The van der Waals surface area contributed by atoms with Gasteiger partial charge in [-0.2, -0.15) is 0 Å². The van der Waals surface area contributed by atoms with Crippen molar-refractivity contribution in [3.63, 3.8) is 0 Å². The molecule has 0 spiro atoms. The summed E-state index contributed by atoms with van der Waals surface area (Å²) in [6, 6.07) is 4.88. The van der Waals surface area contributed by atoms with Crippen molar-refractivity contribution in [2.24, 2.45) is 11.8 Å². The summed E-state index contributed by atoms with van der Waals surface area (Å²) in [6.45, 7) is 3.97. The van der Waals surface area contributed by atoms with Gasteiger partial charge in [-0.25, -0.2) is 9.59 Å². The van der Waals surface area contributed by atoms with Crippen molar-refractivity contribution in [2.75, 3.05) is 25.1 Å². The zero-order valence-corrected chi connectivity index (χ0v) is 16.5. The number of nitrogens with one attached hydrogen (secondary N) is 2. The fourth-order valence-electron chi connectivity index (χ4n) is 3.34. The van der Waals surface area contributed by atoms with Gasteiger partial charge < -0.3 is 20.1 Å². The van der Waals surface area contributed by atoms with E-state index in [1.807, 2.05) is 0 Å². The van der Waals surface area contributed by atoms with Gasteiger partial charge in [0.15, 0.2) is 0 Å². The summed E-state index contributed by atoms with van der Waals surface area (Å²) >= 11 is 0. The fraction of sp³-hybridized carbons (Fsp3) is 0.571. The van der Waals surface area contributed by atoms with Crippen LogP contribution >= 0.6 is 0 Å². The topological polar surface area (TPSA) is 93.7 Å². The Labute approximate surface area is 165 Å². The summed E-state index contributed by atoms with van der Waals surface area (Å²) in [5, 5.41) is 6.16. The lowest BCUT2D eigenvalue weighted by Crippen LogP contribution is -2.41. The standard InChI is InChI=1S/C21H28N2O5/c1-3-27-20(25)15-9-16(21(26)28-4-2)11-17(10-15)22-12-18(24)23-19(13-5-6-13)14-7-8-14/h9-11,13-14,19,22H,3-8,12H2,1-2H3,(H,23,24). The van der Waals surface area contributed by atoms with E-state index >= 15 is 0 Å². The van der Waals surface area contributed by atoms with Crippen LogP contribution in [0.25, 0.3) is 0 Å². The first-order valence-electron chi connectivity index (χ1n) is 10.0. The second-order valence-corrected chi connectivity index (χ2v) is 7.36. The van der Waals surface area contributed by atoms with Crippen LogP contribution in [-0.2, 0) is 14.3 Å². The summed E-state index contributed by atoms with van der Waals surface area (Å²) in [5.74, 6) is 0.119. The van der Waals surface area contributed by atoms with Gasteiger partial charge in [-0.1, -0.05) is 0 Å². The lowest BCUT2D eigenvalue weighted by Gasteiger charge is -2.18. The van der Waals surface area contributed by atoms with Crippen LogP contribution in [0.2, 0.25) is 0 Å². The first-order chi connectivity index (χ1) is 13.5. The molecule has 2 N–H and O–H groups in total. The van der Waals surface area contributed by atoms with Gasteiger partial charge in [-0.05, 0) is 69.6 Å². The number of rotatable bonds is 10. The SMILES string of the molecule is CCOC(=O)c1cc(NCC(=O)NC(C2CC2)C2CC2)cc(C(=O)OCC)c1. The van der Waals surface area contributed by atoms with Crippen molar-refractivity contribution in [3.05, 3.63) is 29.3 Å². The average Bonchev–Trinajstić information content (AvgIpc) is 3.57. The molecule has 2 aliphatic rings. The Kier molecular flexibility index (Phi) is 6.54. The summed E-state index contributed by atoms with van der Waals surface area (Å²) in [7, 11) is 0. The van der Waals surface area contributed by atoms with E-state index < -0.39 is 11.9 Å². The smallest absolute Gasteiger partial charge is 0.338 e. The van der Waals surface area contributed by atoms with Crippen molar-refractivity contribution in [1.82, 2.24) is 5.32 Å². The molecule has 1 amide bonds. The lowest BCUT2D eigenvalue weighted by molar-refractivity contribution is -0.120. The summed E-state index contributed by atoms with van der Waals surface area (Å²) < 4.78 is 10.0. The molecule has 0 radical (unpaired) electrons. The predicted octanol–water partition coefficient (Wildman–Crippen LogP) is 2.76. The normalized spacial score (nSPS) is 15.8. The van der Waals surface area contributed by atoms with E-state index in [1.165, 1.54) is 31.7 Å². The number of ether oxygens (including phenoxy) is 2. The molecule has 7 heteroatoms. The highest BCUT2D eigenvalue weighted by Crippen LogP contribution is 2.44. The van der Waals surface area contributed by atoms with E-state index in [4.69, 9.17) is 9.47 Å². The second kappa shape index (κ2) is 9.08. The molecule has 2 aliphatic carbocycles. The van der Waals surface area contributed by atoms with E-state index in [-0.39, 0.29) is 42.8 Å². The third-order valence-corrected chi connectivity index (χ3v) is 5.00. The predicted molar refractivity (Wildman–Crippen MR) is 104 cm³/mol. The van der Waals surface area contributed by atoms with Gasteiger partial charge in [0, 0.05) is 11.7 Å². The van der Waals surface area contributed by atoms with Crippen molar-refractivity contribution >= 4 is 23.5 Å². The summed E-state index contributed by atoms with van der Waals surface area (Å²) in [6.07, 6.45) is 4.78. The first kappa shape index (κ1) is 20.2. The van der Waals surface area contributed by atoms with Crippen molar-refractivity contribution in [2.45, 2.75) is 45.6 Å². The number of hydrogen-bond acceptors (Lipinski definition) is 6. The molecule has 7 nitrogen and oxygen atoms in total. The molecule has 0 aromatic heterocycles. The molecule has 0 bridgehead atoms. The van der Waals surface area contributed by atoms with Crippen LogP contribution in [0.1, 0.15) is 60.2 Å². The Bertz CT molecular complexity index is 692. The van der Waals surface area contributed by atoms with Gasteiger partial charge in [-0.3, -0.25) is 4.79 Å². The zero-order valence-electron chi connectivity index (χ0n) is 16.5. The molecule has 2 saturated carbocycles. The Hall–Kier alpha value is -2.57. The van der Waals surface area contributed by atoms with Crippen LogP contribution in [0.4, 0.5) is 5.69 Å². The van der Waals surface area contributed by atoms with E-state index in [0.717, 1.165) is 0 Å². The van der Waals surface area contributed by atoms with Crippen LogP contribution in [0.15, 0.2) is 18.2 Å². The lowest BCUT2D eigenvalue weighted by atomic mass is 10.1. The Morgan fingerprint density at radius 2 is 1.43 bits per heavy atom. The molecule has 1 aromatic carbocycles. The largest absolute Gasteiger partial charge is 0.462 e. The van der Waals surface area contributed by atoms with Gasteiger partial charge in [0.1, 0.15) is 0 Å². The number of benzene rings is 1. The third-order valence-electron chi connectivity index (χ3n) is 5.00. The van der Waals surface area contributed by atoms with Crippen LogP contribution in [-0.4, -0.2) is 43.6 Å². The number of hydrogen-bond donors (Lipinski definition) is 2. The summed E-state index contributed by atoms with van der Waals surface area (Å²) in [5.41, 5.74) is 0.978. The first-order valence-corrected chi connectivity index (χ1v) is 10.0. The monoisotopic (exact) mass is 388 g/mol. The molecule has 0 heterocycles. The van der Waals surface area contributed by atoms with E-state index in [1.54, 1.807) is 26.0 Å². The van der Waals surface area contributed by atoms with Crippen molar-refractivity contribution in [3.8, 4) is 0 Å². The second-order valence-electron chi connectivity index (χ2n) is 7.36. The summed E-state index contributed by atoms with van der Waals surface area (Å²) in [4.78, 5) is 36.6. The Morgan fingerprint density at radius 3 is 1.86 bits per heavy atom. The molecule has 0 saturated heterocycles. The zero-order chi connectivity index (χ0) is 20.1. The fourth-order valence-corrected chi connectivity index (χ4v) is 3.34. The molecule has 3 rings (SSSR count). The van der Waals surface area contributed by atoms with E-state index in [0.29, 0.717) is 17.5 Å². The van der Waals surface area contributed by atoms with Gasteiger partial charge in [0.05, 0.1) is 30.9 Å². The third kappa shape index (κ3) is 5.47. The molecule has 152 valence electrons. The minimum Gasteiger partial charge on any atom is -0.462 e. The maximum absolute atomic E-state index is 12.4. The van der Waals surface area contributed by atoms with Crippen LogP contribution in [0, 0.1) is 11.8 Å². The van der Waals surface area contributed by atoms with Gasteiger partial charge in [-0.15, -0.1) is 0 Å². The molecule has 0 aliphatic heterocycles. The minimum absolute atomic E-state index is 0.0739. The highest BCUT2D eigenvalue weighted by atomic mass is 16.5. The van der Waals surface area contributed by atoms with Crippen LogP contribution < -0.4 is 10.6 Å². The van der Waals surface area contributed by atoms with E-state index in [2.05, 4.69) is 10.6 Å².